The summed E-state index contributed by atoms with van der Waals surface area (Å²) in [5, 5.41) is 8.03. The molecule has 100 heavy (non-hydrogen) atoms. The number of carbonyl (C=O) groups excluding carboxylic acids is 7. The molecule has 2 aliphatic heterocycles. The Bertz CT molecular complexity index is 2540. The number of nitrogens with zero attached hydrogens (tertiary/aromatic N) is 2. The number of aryl methyl sites for hydroxylation is 1. The van der Waals surface area contributed by atoms with Gasteiger partial charge in [-0.05, 0) is 48.9 Å². The molecule has 0 unspecified atom stereocenters. The van der Waals surface area contributed by atoms with Crippen LogP contribution in [0.2, 0.25) is 0 Å². The summed E-state index contributed by atoms with van der Waals surface area (Å²) in [6, 6.07) is 0.640. The Balaban J connectivity index is 1.12. The van der Waals surface area contributed by atoms with Crippen LogP contribution in [0.4, 0.5) is 5.69 Å². The van der Waals surface area contributed by atoms with Crippen molar-refractivity contribution in [2.24, 2.45) is 5.92 Å². The molecule has 574 valence electrons. The quantitative estimate of drug-likeness (QED) is 0.0218. The number of imide groups is 1. The van der Waals surface area contributed by atoms with E-state index in [1.165, 1.54) is 13.8 Å². The molecule has 0 spiro atoms. The molecular formula is C65H109N5O29S. The van der Waals surface area contributed by atoms with Gasteiger partial charge in [0.2, 0.25) is 23.6 Å². The zero-order valence-corrected chi connectivity index (χ0v) is 59.6. The highest BCUT2D eigenvalue weighted by Crippen LogP contribution is 2.27. The monoisotopic (exact) mass is 1460 g/mol. The lowest BCUT2D eigenvalue weighted by molar-refractivity contribution is -0.147. The number of likely N-dealkylation sites (tertiary alicyclic amines) is 1. The number of hydrogen-bond donors (Lipinski definition) is 4. The SMILES string of the molecule is COCCOCCOCCOCCOCCOCCOCOCCOCCOCCOCCOCCOCCOCCOCCOCCOCCCc1cc(NC(=O)[C@H](C)NC(=O)[C@@H](NC(=O)CN2C(=O)[C@@H](N3C(=O)C=CC3=O)C[C@H]2COCCS(=O)(=O)O)C(C)C)ccc1COC(C)=O. The molecule has 1 aromatic carbocycles. The van der Waals surface area contributed by atoms with E-state index in [0.717, 1.165) is 33.1 Å². The number of ether oxygens (including phenoxy) is 19. The van der Waals surface area contributed by atoms with Crippen molar-refractivity contribution in [1.82, 2.24) is 20.4 Å². The average Bonchev–Trinajstić information content (AvgIpc) is 1.63. The first-order valence-electron chi connectivity index (χ1n) is 33.7. The van der Waals surface area contributed by atoms with E-state index in [4.69, 9.17) is 94.6 Å². The number of amides is 6. The van der Waals surface area contributed by atoms with Crippen LogP contribution in [-0.2, 0) is 147 Å². The number of hydrogen-bond acceptors (Lipinski definition) is 28. The Hall–Kier alpha value is -5.36. The molecule has 2 aliphatic rings. The Kier molecular flexibility index (Phi) is 50.7. The average molecular weight is 1460 g/mol. The standard InChI is InChI=1S/C65H109N5O29S/c1-51(2)62(68-59(72)47-69-57(49-96-43-44-100(78,79)80)46-58(65(69)77)70-60(73)10-11-61(70)74)64(76)66-52(3)63(75)67-56-9-8-55(48-99-53(4)71)54(45-56)7-6-12-82-15-16-84-19-20-86-23-24-88-25-26-89-27-28-90-29-30-91-32-34-93-36-38-95-40-42-98-50-97-41-39-94-37-35-92-33-31-87-22-21-85-18-17-83-14-13-81-5/h8-11,45,51-52,57-58,62H,6-7,12-44,46-50H2,1-5H3,(H,66,76)(H,67,75)(H,68,72)(H,78,79,80)/t52-,57-,58-,62-/m0/s1. The number of rotatable bonds is 67. The summed E-state index contributed by atoms with van der Waals surface area (Å²) in [6.07, 6.45) is 2.98. The smallest absolute Gasteiger partial charge is 0.302 e. The third-order valence-corrected chi connectivity index (χ3v) is 14.9. The highest BCUT2D eigenvalue weighted by molar-refractivity contribution is 7.85. The highest BCUT2D eigenvalue weighted by atomic mass is 32.2. The molecular weight excluding hydrogens is 1350 g/mol. The van der Waals surface area contributed by atoms with Crippen LogP contribution in [0.3, 0.4) is 0 Å². The second-order valence-electron chi connectivity index (χ2n) is 22.5. The van der Waals surface area contributed by atoms with Gasteiger partial charge >= 0.3 is 5.97 Å². The van der Waals surface area contributed by atoms with Crippen molar-refractivity contribution < 1.29 is 137 Å². The van der Waals surface area contributed by atoms with Crippen LogP contribution in [0, 0.1) is 5.92 Å². The van der Waals surface area contributed by atoms with Gasteiger partial charge in [-0.2, -0.15) is 8.42 Å². The van der Waals surface area contributed by atoms with Crippen LogP contribution in [0.1, 0.15) is 51.7 Å². The fourth-order valence-electron chi connectivity index (χ4n) is 9.09. The number of methoxy groups -OCH3 is 1. The van der Waals surface area contributed by atoms with E-state index in [0.29, 0.717) is 223 Å². The van der Waals surface area contributed by atoms with Crippen molar-refractivity contribution >= 4 is 57.2 Å². The molecule has 35 heteroatoms. The van der Waals surface area contributed by atoms with Gasteiger partial charge in [-0.25, -0.2) is 0 Å². The lowest BCUT2D eigenvalue weighted by Gasteiger charge is -2.27. The lowest BCUT2D eigenvalue weighted by Crippen LogP contribution is -2.56. The van der Waals surface area contributed by atoms with E-state index >= 15 is 0 Å². The van der Waals surface area contributed by atoms with Crippen molar-refractivity contribution in [3.8, 4) is 0 Å². The van der Waals surface area contributed by atoms with Crippen molar-refractivity contribution in [2.75, 3.05) is 250 Å². The Morgan fingerprint density at radius 3 is 1.34 bits per heavy atom. The minimum Gasteiger partial charge on any atom is -0.461 e. The maximum absolute atomic E-state index is 13.6. The van der Waals surface area contributed by atoms with Gasteiger partial charge in [0.1, 0.15) is 31.5 Å². The van der Waals surface area contributed by atoms with E-state index in [1.807, 2.05) is 0 Å². The van der Waals surface area contributed by atoms with Crippen molar-refractivity contribution in [1.29, 1.82) is 0 Å². The Morgan fingerprint density at radius 2 is 0.940 bits per heavy atom. The van der Waals surface area contributed by atoms with Crippen LogP contribution >= 0.6 is 0 Å². The minimum atomic E-state index is -4.36. The zero-order valence-electron chi connectivity index (χ0n) is 58.7. The molecule has 3 rings (SSSR count). The van der Waals surface area contributed by atoms with E-state index in [2.05, 4.69) is 16.0 Å². The Morgan fingerprint density at radius 1 is 0.530 bits per heavy atom. The molecule has 6 amide bonds. The zero-order chi connectivity index (χ0) is 72.7. The normalized spacial score (nSPS) is 15.4. The number of anilines is 1. The number of carbonyl (C=O) groups is 7. The summed E-state index contributed by atoms with van der Waals surface area (Å²) in [5.41, 5.74) is 1.91. The molecule has 1 fully saturated rings. The third kappa shape index (κ3) is 43.6. The van der Waals surface area contributed by atoms with Crippen LogP contribution in [-0.4, -0.2) is 333 Å². The van der Waals surface area contributed by atoms with E-state index < -0.39 is 101 Å². The second-order valence-corrected chi connectivity index (χ2v) is 24.1. The molecule has 2 heterocycles. The van der Waals surface area contributed by atoms with E-state index in [1.54, 1.807) is 39.2 Å². The van der Waals surface area contributed by atoms with Gasteiger partial charge in [0.05, 0.1) is 230 Å². The predicted octanol–water partition coefficient (Wildman–Crippen LogP) is -0.0653. The van der Waals surface area contributed by atoms with E-state index in [-0.39, 0.29) is 26.4 Å². The first kappa shape index (κ1) is 88.9. The Labute approximate surface area is 586 Å². The summed E-state index contributed by atoms with van der Waals surface area (Å²) in [6.45, 7) is 18.7. The van der Waals surface area contributed by atoms with Crippen molar-refractivity contribution in [2.45, 2.75) is 77.7 Å². The van der Waals surface area contributed by atoms with Crippen LogP contribution in [0.15, 0.2) is 30.4 Å². The summed E-state index contributed by atoms with van der Waals surface area (Å²) >= 11 is 0. The first-order chi connectivity index (χ1) is 48.4. The minimum absolute atomic E-state index is 0.00486. The van der Waals surface area contributed by atoms with Crippen LogP contribution in [0.5, 0.6) is 0 Å². The first-order valence-corrected chi connectivity index (χ1v) is 35.3. The second kappa shape index (κ2) is 57.1. The summed E-state index contributed by atoms with van der Waals surface area (Å²) in [4.78, 5) is 92.7. The van der Waals surface area contributed by atoms with Gasteiger partial charge < -0.3 is 111 Å². The lowest BCUT2D eigenvalue weighted by atomic mass is 10.0. The molecule has 1 aromatic rings. The summed E-state index contributed by atoms with van der Waals surface area (Å²) < 4.78 is 135. The molecule has 1 saturated heterocycles. The molecule has 0 aliphatic carbocycles. The number of benzene rings is 1. The molecule has 0 aromatic heterocycles. The highest BCUT2D eigenvalue weighted by Gasteiger charge is 2.47. The van der Waals surface area contributed by atoms with E-state index in [9.17, 15) is 42.0 Å². The van der Waals surface area contributed by atoms with Crippen LogP contribution < -0.4 is 16.0 Å². The van der Waals surface area contributed by atoms with Gasteiger partial charge in [0, 0.05) is 44.9 Å². The topological polar surface area (TPSA) is 392 Å². The molecule has 4 atom stereocenters. The van der Waals surface area contributed by atoms with Gasteiger partial charge in [-0.3, -0.25) is 43.0 Å². The fraction of sp³-hybridized carbons (Fsp3) is 0.769. The molecule has 0 radical (unpaired) electrons. The van der Waals surface area contributed by atoms with Crippen molar-refractivity contribution in [3.63, 3.8) is 0 Å². The largest absolute Gasteiger partial charge is 0.461 e. The third-order valence-electron chi connectivity index (χ3n) is 14.2. The van der Waals surface area contributed by atoms with Gasteiger partial charge in [-0.15, -0.1) is 0 Å². The molecule has 34 nitrogen and oxygen atoms in total. The predicted molar refractivity (Wildman–Crippen MR) is 355 cm³/mol. The van der Waals surface area contributed by atoms with Crippen LogP contribution in [0.25, 0.3) is 0 Å². The number of esters is 1. The molecule has 0 bridgehead atoms. The summed E-state index contributed by atoms with van der Waals surface area (Å²) in [5.74, 6) is -5.97. The van der Waals surface area contributed by atoms with Gasteiger partial charge in [0.25, 0.3) is 21.9 Å². The molecule has 4 N–H and O–H groups in total. The molecule has 0 saturated carbocycles. The fourth-order valence-corrected chi connectivity index (χ4v) is 9.42. The summed E-state index contributed by atoms with van der Waals surface area (Å²) in [7, 11) is -2.73. The maximum Gasteiger partial charge on any atom is 0.302 e. The van der Waals surface area contributed by atoms with Gasteiger partial charge in [0.15, 0.2) is 0 Å². The number of nitrogens with one attached hydrogen (secondary N) is 3. The maximum atomic E-state index is 13.6. The van der Waals surface area contributed by atoms with Gasteiger partial charge in [-0.1, -0.05) is 19.9 Å². The van der Waals surface area contributed by atoms with Crippen molar-refractivity contribution in [3.05, 3.63) is 41.5 Å².